The van der Waals surface area contributed by atoms with Crippen LogP contribution in [0.4, 0.5) is 4.79 Å². The summed E-state index contributed by atoms with van der Waals surface area (Å²) in [5.41, 5.74) is -0.420. The number of carbonyl (C=O) groups is 2. The summed E-state index contributed by atoms with van der Waals surface area (Å²) in [5, 5.41) is 11.6. The third-order valence-corrected chi connectivity index (χ3v) is 3.22. The van der Waals surface area contributed by atoms with Gasteiger partial charge in [0.05, 0.1) is 5.41 Å². The molecule has 1 spiro atoms. The van der Waals surface area contributed by atoms with E-state index in [9.17, 15) is 9.59 Å². The summed E-state index contributed by atoms with van der Waals surface area (Å²) in [6.45, 7) is 1.62. The van der Waals surface area contributed by atoms with E-state index in [0.29, 0.717) is 19.6 Å². The zero-order chi connectivity index (χ0) is 10.2. The van der Waals surface area contributed by atoms with E-state index in [2.05, 4.69) is 5.32 Å². The minimum atomic E-state index is -0.913. The highest BCUT2D eigenvalue weighted by Gasteiger charge is 2.46. The molecule has 1 atom stereocenters. The van der Waals surface area contributed by atoms with Crippen LogP contribution in [-0.2, 0) is 4.79 Å². The van der Waals surface area contributed by atoms with E-state index in [1.807, 2.05) is 0 Å². The van der Waals surface area contributed by atoms with Crippen molar-refractivity contribution >= 4 is 12.0 Å². The van der Waals surface area contributed by atoms with Crippen molar-refractivity contribution in [3.63, 3.8) is 0 Å². The van der Waals surface area contributed by atoms with Crippen LogP contribution < -0.4 is 5.32 Å². The average molecular weight is 198 g/mol. The molecule has 5 nitrogen and oxygen atoms in total. The summed E-state index contributed by atoms with van der Waals surface area (Å²) in [4.78, 5) is 23.7. The fourth-order valence-electron chi connectivity index (χ4n) is 2.40. The second kappa shape index (κ2) is 3.15. The number of amides is 2. The molecule has 5 heteroatoms. The number of nitrogens with zero attached hydrogens (tertiary/aromatic N) is 1. The summed E-state index contributed by atoms with van der Waals surface area (Å²) in [7, 11) is 0. The Morgan fingerprint density at radius 2 is 2.29 bits per heavy atom. The van der Waals surface area contributed by atoms with Crippen LogP contribution in [0.25, 0.3) is 0 Å². The zero-order valence-corrected chi connectivity index (χ0v) is 7.95. The highest BCUT2D eigenvalue weighted by atomic mass is 16.4. The van der Waals surface area contributed by atoms with E-state index in [0.717, 1.165) is 19.3 Å². The molecule has 78 valence electrons. The number of nitrogens with one attached hydrogen (secondary N) is 1. The molecule has 0 aromatic rings. The van der Waals surface area contributed by atoms with Crippen LogP contribution in [0.15, 0.2) is 0 Å². The second-order valence-electron chi connectivity index (χ2n) is 4.09. The van der Waals surface area contributed by atoms with Gasteiger partial charge in [0.25, 0.3) is 0 Å². The molecule has 0 aromatic carbocycles. The Kier molecular flexibility index (Phi) is 2.09. The van der Waals surface area contributed by atoms with Crippen molar-refractivity contribution in [3.8, 4) is 0 Å². The predicted octanol–water partition coefficient (Wildman–Crippen LogP) is 0.267. The highest BCUT2D eigenvalue weighted by molar-refractivity contribution is 5.85. The summed E-state index contributed by atoms with van der Waals surface area (Å²) in [5.74, 6) is 0.0310. The molecule has 0 aromatic heterocycles. The normalized spacial score (nSPS) is 32.0. The highest BCUT2D eigenvalue weighted by Crippen LogP contribution is 2.36. The molecule has 2 aliphatic heterocycles. The quantitative estimate of drug-likeness (QED) is 0.587. The van der Waals surface area contributed by atoms with E-state index in [1.165, 1.54) is 4.90 Å². The number of rotatable bonds is 0. The van der Waals surface area contributed by atoms with Crippen molar-refractivity contribution < 1.29 is 14.7 Å². The molecule has 2 rings (SSSR count). The van der Waals surface area contributed by atoms with Crippen LogP contribution in [0.2, 0.25) is 0 Å². The Balaban J connectivity index is 2.13. The molecule has 2 N–H and O–H groups in total. The van der Waals surface area contributed by atoms with Gasteiger partial charge in [-0.05, 0) is 19.3 Å². The topological polar surface area (TPSA) is 69.6 Å². The average Bonchev–Trinajstić information content (AvgIpc) is 2.48. The summed E-state index contributed by atoms with van der Waals surface area (Å²) < 4.78 is 0. The summed E-state index contributed by atoms with van der Waals surface area (Å²) in [6.07, 6.45) is 1.47. The van der Waals surface area contributed by atoms with E-state index < -0.39 is 11.5 Å². The van der Waals surface area contributed by atoms with Crippen LogP contribution in [0.3, 0.4) is 0 Å². The maximum Gasteiger partial charge on any atom is 0.407 e. The molecule has 0 bridgehead atoms. The van der Waals surface area contributed by atoms with Gasteiger partial charge < -0.3 is 15.3 Å². The number of hydrogen-bond donors (Lipinski definition) is 2. The Morgan fingerprint density at radius 3 is 2.86 bits per heavy atom. The Hall–Kier alpha value is -1.26. The predicted molar refractivity (Wildman–Crippen MR) is 48.9 cm³/mol. The van der Waals surface area contributed by atoms with Crippen LogP contribution in [0.1, 0.15) is 19.3 Å². The van der Waals surface area contributed by atoms with E-state index in [1.54, 1.807) is 0 Å². The Morgan fingerprint density at radius 1 is 1.50 bits per heavy atom. The van der Waals surface area contributed by atoms with Gasteiger partial charge in [0.15, 0.2) is 0 Å². The maximum absolute atomic E-state index is 11.6. The Labute approximate surface area is 82.1 Å². The maximum atomic E-state index is 11.6. The van der Waals surface area contributed by atoms with Crippen LogP contribution in [-0.4, -0.2) is 41.6 Å². The van der Waals surface area contributed by atoms with Gasteiger partial charge in [-0.2, -0.15) is 0 Å². The summed E-state index contributed by atoms with van der Waals surface area (Å²) in [6, 6.07) is 0. The third-order valence-electron chi connectivity index (χ3n) is 3.22. The molecule has 2 fully saturated rings. The van der Waals surface area contributed by atoms with Crippen LogP contribution in [0.5, 0.6) is 0 Å². The molecule has 0 saturated carbocycles. The lowest BCUT2D eigenvalue weighted by Crippen LogP contribution is -2.48. The molecule has 2 heterocycles. The van der Waals surface area contributed by atoms with Gasteiger partial charge in [0.2, 0.25) is 5.91 Å². The zero-order valence-electron chi connectivity index (χ0n) is 7.95. The molecule has 0 radical (unpaired) electrons. The van der Waals surface area contributed by atoms with Gasteiger partial charge in [-0.25, -0.2) is 4.79 Å². The molecule has 1 unspecified atom stereocenters. The van der Waals surface area contributed by atoms with Crippen molar-refractivity contribution in [3.05, 3.63) is 0 Å². The third kappa shape index (κ3) is 1.32. The van der Waals surface area contributed by atoms with Crippen molar-refractivity contribution in [1.29, 1.82) is 0 Å². The fourth-order valence-corrected chi connectivity index (χ4v) is 2.40. The number of likely N-dealkylation sites (tertiary alicyclic amines) is 1. The molecular formula is C9H14N2O3. The van der Waals surface area contributed by atoms with Gasteiger partial charge >= 0.3 is 6.09 Å². The summed E-state index contributed by atoms with van der Waals surface area (Å²) >= 11 is 0. The first-order chi connectivity index (χ1) is 6.64. The first kappa shape index (κ1) is 9.30. The van der Waals surface area contributed by atoms with Crippen molar-refractivity contribution in [2.75, 3.05) is 19.6 Å². The van der Waals surface area contributed by atoms with Gasteiger partial charge in [-0.3, -0.25) is 4.79 Å². The van der Waals surface area contributed by atoms with Crippen molar-refractivity contribution in [1.82, 2.24) is 10.2 Å². The van der Waals surface area contributed by atoms with Gasteiger partial charge in [0.1, 0.15) is 0 Å². The van der Waals surface area contributed by atoms with E-state index in [-0.39, 0.29) is 5.91 Å². The first-order valence-corrected chi connectivity index (χ1v) is 4.90. The van der Waals surface area contributed by atoms with Gasteiger partial charge in [-0.15, -0.1) is 0 Å². The molecule has 2 saturated heterocycles. The minimum absolute atomic E-state index is 0.0310. The molecular weight excluding hydrogens is 184 g/mol. The SMILES string of the molecule is O=C(O)N1CCCC2(CCNC2=O)C1. The lowest BCUT2D eigenvalue weighted by molar-refractivity contribution is -0.129. The fraction of sp³-hybridized carbons (Fsp3) is 0.778. The van der Waals surface area contributed by atoms with E-state index in [4.69, 9.17) is 5.11 Å². The van der Waals surface area contributed by atoms with Crippen molar-refractivity contribution in [2.45, 2.75) is 19.3 Å². The Bertz CT molecular complexity index is 279. The minimum Gasteiger partial charge on any atom is -0.465 e. The standard InChI is InChI=1S/C9H14N2O3/c12-7-9(3-4-10-7)2-1-5-11(6-9)8(13)14/h1-6H2,(H,10,12)(H,13,14). The van der Waals surface area contributed by atoms with Crippen LogP contribution >= 0.6 is 0 Å². The smallest absolute Gasteiger partial charge is 0.407 e. The van der Waals surface area contributed by atoms with Gasteiger partial charge in [0, 0.05) is 19.6 Å². The lowest BCUT2D eigenvalue weighted by Gasteiger charge is -2.36. The monoisotopic (exact) mass is 198 g/mol. The molecule has 2 aliphatic rings. The lowest BCUT2D eigenvalue weighted by atomic mass is 9.79. The number of carbonyl (C=O) groups excluding carboxylic acids is 1. The van der Waals surface area contributed by atoms with Crippen LogP contribution in [0, 0.1) is 5.41 Å². The number of carboxylic acid groups (broad SMARTS) is 1. The van der Waals surface area contributed by atoms with Crippen molar-refractivity contribution in [2.24, 2.45) is 5.41 Å². The number of piperidine rings is 1. The molecule has 14 heavy (non-hydrogen) atoms. The first-order valence-electron chi connectivity index (χ1n) is 4.90. The van der Waals surface area contributed by atoms with Gasteiger partial charge in [-0.1, -0.05) is 0 Å². The molecule has 2 amide bonds. The van der Waals surface area contributed by atoms with E-state index >= 15 is 0 Å². The second-order valence-corrected chi connectivity index (χ2v) is 4.09. The number of hydrogen-bond acceptors (Lipinski definition) is 2. The largest absolute Gasteiger partial charge is 0.465 e. The molecule has 0 aliphatic carbocycles.